The lowest BCUT2D eigenvalue weighted by Crippen LogP contribution is -2.48. The Kier molecular flexibility index (Phi) is 5.42. The molecule has 0 aliphatic carbocycles. The van der Waals surface area contributed by atoms with E-state index in [-0.39, 0.29) is 11.9 Å². The number of hydrogen-bond acceptors (Lipinski definition) is 5. The Morgan fingerprint density at radius 2 is 2.43 bits per heavy atom. The number of rotatable bonds is 4. The lowest BCUT2D eigenvalue weighted by molar-refractivity contribution is -0.120. The zero-order valence-corrected chi connectivity index (χ0v) is 15.2. The van der Waals surface area contributed by atoms with Crippen molar-refractivity contribution in [1.82, 2.24) is 10.3 Å². The Morgan fingerprint density at radius 1 is 1.57 bits per heavy atom. The number of aromatic nitrogens is 1. The second kappa shape index (κ2) is 7.53. The van der Waals surface area contributed by atoms with Gasteiger partial charge in [0.15, 0.2) is 5.13 Å². The molecule has 2 heterocycles. The molecule has 2 aromatic rings. The molecule has 1 aromatic carbocycles. The van der Waals surface area contributed by atoms with Crippen LogP contribution in [-0.4, -0.2) is 36.7 Å². The van der Waals surface area contributed by atoms with E-state index in [9.17, 15) is 4.79 Å². The van der Waals surface area contributed by atoms with Gasteiger partial charge < -0.3 is 15.4 Å². The second-order valence-electron chi connectivity index (χ2n) is 5.46. The summed E-state index contributed by atoms with van der Waals surface area (Å²) in [5, 5.41) is 6.62. The molecule has 1 aliphatic rings. The number of nitrogens with zero attached hydrogens (tertiary/aromatic N) is 1. The summed E-state index contributed by atoms with van der Waals surface area (Å²) >= 11 is 5.02. The first-order valence-corrected chi connectivity index (χ1v) is 9.04. The summed E-state index contributed by atoms with van der Waals surface area (Å²) in [7, 11) is 0. The molecule has 7 heteroatoms. The van der Waals surface area contributed by atoms with E-state index in [2.05, 4.69) is 56.7 Å². The van der Waals surface area contributed by atoms with Crippen LogP contribution in [0.2, 0.25) is 0 Å². The maximum Gasteiger partial charge on any atom is 0.245 e. The number of carbonyl (C=O) groups excluding carboxylic acids is 1. The number of benzene rings is 1. The number of hydrogen-bond donors (Lipinski definition) is 2. The van der Waals surface area contributed by atoms with Gasteiger partial charge >= 0.3 is 0 Å². The van der Waals surface area contributed by atoms with Gasteiger partial charge in [-0.3, -0.25) is 4.79 Å². The molecule has 2 N–H and O–H groups in total. The van der Waals surface area contributed by atoms with Crippen molar-refractivity contribution in [2.75, 3.05) is 25.1 Å². The van der Waals surface area contributed by atoms with Gasteiger partial charge in [0.05, 0.1) is 13.2 Å². The first-order chi connectivity index (χ1) is 11.1. The Labute approximate surface area is 147 Å². The fourth-order valence-electron chi connectivity index (χ4n) is 2.39. The van der Waals surface area contributed by atoms with E-state index in [4.69, 9.17) is 4.74 Å². The quantitative estimate of drug-likeness (QED) is 0.835. The van der Waals surface area contributed by atoms with Gasteiger partial charge in [-0.2, -0.15) is 0 Å². The van der Waals surface area contributed by atoms with Crippen LogP contribution in [0.5, 0.6) is 0 Å². The van der Waals surface area contributed by atoms with Gasteiger partial charge in [-0.15, -0.1) is 11.3 Å². The van der Waals surface area contributed by atoms with E-state index >= 15 is 0 Å². The minimum absolute atomic E-state index is 0.0925. The molecule has 1 aliphatic heterocycles. The SMILES string of the molecule is Cc1cc(Cc2cnc(NC(=O)C3COCCN3)s2)ccc1Br. The summed E-state index contributed by atoms with van der Waals surface area (Å²) in [6.45, 7) is 3.83. The van der Waals surface area contributed by atoms with Crippen LogP contribution >= 0.6 is 27.3 Å². The Balaban J connectivity index is 1.61. The summed E-state index contributed by atoms with van der Waals surface area (Å²) in [6.07, 6.45) is 2.63. The monoisotopic (exact) mass is 395 g/mol. The standard InChI is InChI=1S/C16H18BrN3O2S/c1-10-6-11(2-3-13(10)17)7-12-8-19-16(23-12)20-15(21)14-9-22-5-4-18-14/h2-3,6,8,14,18H,4-5,7,9H2,1H3,(H,19,20,21). The van der Waals surface area contributed by atoms with Crippen molar-refractivity contribution < 1.29 is 9.53 Å². The van der Waals surface area contributed by atoms with Gasteiger partial charge in [-0.05, 0) is 24.1 Å². The molecule has 1 amide bonds. The highest BCUT2D eigenvalue weighted by atomic mass is 79.9. The molecule has 3 rings (SSSR count). The number of amides is 1. The molecular weight excluding hydrogens is 378 g/mol. The van der Waals surface area contributed by atoms with Crippen molar-refractivity contribution in [2.24, 2.45) is 0 Å². The molecule has 0 radical (unpaired) electrons. The van der Waals surface area contributed by atoms with Crippen LogP contribution in [0.1, 0.15) is 16.0 Å². The molecular formula is C16H18BrN3O2S. The van der Waals surface area contributed by atoms with E-state index < -0.39 is 0 Å². The summed E-state index contributed by atoms with van der Waals surface area (Å²) in [6, 6.07) is 6.01. The minimum atomic E-state index is -0.301. The van der Waals surface area contributed by atoms with Crippen LogP contribution in [-0.2, 0) is 16.0 Å². The van der Waals surface area contributed by atoms with Gasteiger partial charge in [-0.1, -0.05) is 28.1 Å². The normalized spacial score (nSPS) is 17.9. The number of aryl methyl sites for hydroxylation is 1. The first-order valence-electron chi connectivity index (χ1n) is 7.43. The van der Waals surface area contributed by atoms with Crippen molar-refractivity contribution in [1.29, 1.82) is 0 Å². The largest absolute Gasteiger partial charge is 0.378 e. The van der Waals surface area contributed by atoms with Crippen molar-refractivity contribution >= 4 is 38.3 Å². The number of nitrogens with one attached hydrogen (secondary N) is 2. The van der Waals surface area contributed by atoms with Gasteiger partial charge in [0.1, 0.15) is 6.04 Å². The highest BCUT2D eigenvalue weighted by Crippen LogP contribution is 2.24. The first kappa shape index (κ1) is 16.6. The smallest absolute Gasteiger partial charge is 0.245 e. The second-order valence-corrected chi connectivity index (χ2v) is 7.43. The fraction of sp³-hybridized carbons (Fsp3) is 0.375. The summed E-state index contributed by atoms with van der Waals surface area (Å²) in [4.78, 5) is 17.5. The third kappa shape index (κ3) is 4.38. The van der Waals surface area contributed by atoms with E-state index in [0.29, 0.717) is 24.9 Å². The predicted molar refractivity (Wildman–Crippen MR) is 95.0 cm³/mol. The number of thiazole rings is 1. The molecule has 0 bridgehead atoms. The van der Waals surface area contributed by atoms with Crippen molar-refractivity contribution in [2.45, 2.75) is 19.4 Å². The van der Waals surface area contributed by atoms with E-state index in [1.165, 1.54) is 22.5 Å². The number of carbonyl (C=O) groups is 1. The van der Waals surface area contributed by atoms with Crippen LogP contribution in [0.25, 0.3) is 0 Å². The highest BCUT2D eigenvalue weighted by molar-refractivity contribution is 9.10. The van der Waals surface area contributed by atoms with Crippen molar-refractivity contribution in [3.05, 3.63) is 44.9 Å². The molecule has 0 spiro atoms. The fourth-order valence-corrected chi connectivity index (χ4v) is 3.49. The van der Waals surface area contributed by atoms with Crippen molar-refractivity contribution in [3.63, 3.8) is 0 Å². The molecule has 5 nitrogen and oxygen atoms in total. The molecule has 1 saturated heterocycles. The van der Waals surface area contributed by atoms with Gasteiger partial charge in [0.2, 0.25) is 5.91 Å². The Morgan fingerprint density at radius 3 is 3.17 bits per heavy atom. The predicted octanol–water partition coefficient (Wildman–Crippen LogP) is 2.73. The third-order valence-corrected chi connectivity index (χ3v) is 5.43. The lowest BCUT2D eigenvalue weighted by atomic mass is 10.1. The summed E-state index contributed by atoms with van der Waals surface area (Å²) in [5.74, 6) is -0.0925. The van der Waals surface area contributed by atoms with Crippen LogP contribution in [0.3, 0.4) is 0 Å². The average molecular weight is 396 g/mol. The number of morpholine rings is 1. The lowest BCUT2D eigenvalue weighted by Gasteiger charge is -2.22. The van der Waals surface area contributed by atoms with Gasteiger partial charge in [0, 0.05) is 28.5 Å². The highest BCUT2D eigenvalue weighted by Gasteiger charge is 2.21. The molecule has 1 unspecified atom stereocenters. The zero-order chi connectivity index (χ0) is 16.2. The van der Waals surface area contributed by atoms with E-state index in [0.717, 1.165) is 15.8 Å². The number of anilines is 1. The Hall–Kier alpha value is -1.28. The number of halogens is 1. The van der Waals surface area contributed by atoms with E-state index in [1.54, 1.807) is 0 Å². The number of ether oxygens (including phenoxy) is 1. The molecule has 1 fully saturated rings. The summed E-state index contributed by atoms with van der Waals surface area (Å²) < 4.78 is 6.41. The topological polar surface area (TPSA) is 63.2 Å². The zero-order valence-electron chi connectivity index (χ0n) is 12.8. The molecule has 1 aromatic heterocycles. The molecule has 0 saturated carbocycles. The minimum Gasteiger partial charge on any atom is -0.378 e. The maximum atomic E-state index is 12.1. The molecule has 1 atom stereocenters. The van der Waals surface area contributed by atoms with Crippen LogP contribution in [0.15, 0.2) is 28.9 Å². The van der Waals surface area contributed by atoms with Crippen molar-refractivity contribution in [3.8, 4) is 0 Å². The van der Waals surface area contributed by atoms with Crippen LogP contribution in [0, 0.1) is 6.92 Å². The maximum absolute atomic E-state index is 12.1. The van der Waals surface area contributed by atoms with E-state index in [1.807, 2.05) is 6.20 Å². The molecule has 122 valence electrons. The molecule has 23 heavy (non-hydrogen) atoms. The van der Waals surface area contributed by atoms with Crippen LogP contribution in [0.4, 0.5) is 5.13 Å². The summed E-state index contributed by atoms with van der Waals surface area (Å²) in [5.41, 5.74) is 2.44. The van der Waals surface area contributed by atoms with Crippen LogP contribution < -0.4 is 10.6 Å². The van der Waals surface area contributed by atoms with Gasteiger partial charge in [0.25, 0.3) is 0 Å². The average Bonchev–Trinajstić information content (AvgIpc) is 2.99. The van der Waals surface area contributed by atoms with Gasteiger partial charge in [-0.25, -0.2) is 4.98 Å². The third-order valence-electron chi connectivity index (χ3n) is 3.62. The Bertz CT molecular complexity index is 698.